The Bertz CT molecular complexity index is 289. The number of hydrogen-bond acceptors (Lipinski definition) is 4. The molecular formula is C10H17N3S. The van der Waals surface area contributed by atoms with E-state index in [0.29, 0.717) is 6.04 Å². The van der Waals surface area contributed by atoms with E-state index in [0.717, 1.165) is 19.6 Å². The van der Waals surface area contributed by atoms with Crippen LogP contribution >= 0.6 is 11.3 Å². The molecule has 1 atom stereocenters. The molecule has 0 radical (unpaired) electrons. The first-order valence-corrected chi connectivity index (χ1v) is 5.80. The van der Waals surface area contributed by atoms with Crippen LogP contribution in [0.5, 0.6) is 0 Å². The van der Waals surface area contributed by atoms with Gasteiger partial charge in [0.25, 0.3) is 0 Å². The molecule has 78 valence electrons. The minimum Gasteiger partial charge on any atom is -0.370 e. The van der Waals surface area contributed by atoms with Crippen LogP contribution in [0.3, 0.4) is 0 Å². The van der Waals surface area contributed by atoms with Crippen LogP contribution in [-0.2, 0) is 0 Å². The highest BCUT2D eigenvalue weighted by atomic mass is 32.1. The number of anilines is 1. The summed E-state index contributed by atoms with van der Waals surface area (Å²) in [6.07, 6.45) is 0. The highest BCUT2D eigenvalue weighted by molar-refractivity contribution is 7.16. The molecule has 2 heterocycles. The lowest BCUT2D eigenvalue weighted by Gasteiger charge is -2.23. The van der Waals surface area contributed by atoms with Gasteiger partial charge in [0.2, 0.25) is 0 Å². The van der Waals surface area contributed by atoms with Crippen molar-refractivity contribution >= 4 is 16.3 Å². The number of rotatable bonds is 2. The summed E-state index contributed by atoms with van der Waals surface area (Å²) in [5.74, 6) is 0. The maximum atomic E-state index is 3.52. The monoisotopic (exact) mass is 211 g/mol. The summed E-state index contributed by atoms with van der Waals surface area (Å²) in [5, 5.41) is 8.25. The Kier molecular flexibility index (Phi) is 3.05. The van der Waals surface area contributed by atoms with E-state index in [1.807, 2.05) is 11.3 Å². The minimum atomic E-state index is 0.502. The largest absolute Gasteiger partial charge is 0.370 e. The van der Waals surface area contributed by atoms with Gasteiger partial charge in [-0.25, -0.2) is 0 Å². The van der Waals surface area contributed by atoms with Gasteiger partial charge in [0.05, 0.1) is 11.0 Å². The number of nitrogens with one attached hydrogen (secondary N) is 2. The lowest BCUT2D eigenvalue weighted by atomic mass is 10.2. The predicted octanol–water partition coefficient (Wildman–Crippen LogP) is 1.05. The second-order valence-electron chi connectivity index (χ2n) is 3.78. The molecule has 0 bridgehead atoms. The molecule has 1 aromatic heterocycles. The van der Waals surface area contributed by atoms with E-state index < -0.39 is 0 Å². The standard InChI is InChI=1S/C10H17N3S/c1-13(2)10-4-3-9(14-10)8-7-11-5-6-12-8/h3-4,8,11-12H,5-7H2,1-2H3/t8-/m0/s1. The zero-order valence-corrected chi connectivity index (χ0v) is 9.53. The smallest absolute Gasteiger partial charge is 0.0906 e. The molecular weight excluding hydrogens is 194 g/mol. The number of nitrogens with zero attached hydrogens (tertiary/aromatic N) is 1. The number of hydrogen-bond donors (Lipinski definition) is 2. The van der Waals surface area contributed by atoms with E-state index in [1.54, 1.807) is 0 Å². The van der Waals surface area contributed by atoms with Crippen LogP contribution in [0, 0.1) is 0 Å². The fraction of sp³-hybridized carbons (Fsp3) is 0.600. The summed E-state index contributed by atoms with van der Waals surface area (Å²) in [6.45, 7) is 3.20. The summed E-state index contributed by atoms with van der Waals surface area (Å²) < 4.78 is 0. The molecule has 0 unspecified atom stereocenters. The van der Waals surface area contributed by atoms with E-state index in [2.05, 4.69) is 41.8 Å². The highest BCUT2D eigenvalue weighted by Crippen LogP contribution is 2.29. The molecule has 0 aromatic carbocycles. The summed E-state index contributed by atoms with van der Waals surface area (Å²) in [5.41, 5.74) is 0. The van der Waals surface area contributed by atoms with E-state index in [9.17, 15) is 0 Å². The van der Waals surface area contributed by atoms with Gasteiger partial charge in [0, 0.05) is 38.6 Å². The molecule has 0 aliphatic carbocycles. The lowest BCUT2D eigenvalue weighted by Crippen LogP contribution is -2.42. The molecule has 0 amide bonds. The zero-order chi connectivity index (χ0) is 9.97. The molecule has 3 nitrogen and oxygen atoms in total. The van der Waals surface area contributed by atoms with Gasteiger partial charge in [0.15, 0.2) is 0 Å². The molecule has 0 spiro atoms. The van der Waals surface area contributed by atoms with Crippen molar-refractivity contribution in [2.24, 2.45) is 0 Å². The number of thiophene rings is 1. The Labute approximate surface area is 89.1 Å². The van der Waals surface area contributed by atoms with Gasteiger partial charge in [-0.2, -0.15) is 0 Å². The van der Waals surface area contributed by atoms with Gasteiger partial charge in [-0.05, 0) is 12.1 Å². The van der Waals surface area contributed by atoms with Crippen LogP contribution < -0.4 is 15.5 Å². The van der Waals surface area contributed by atoms with Crippen LogP contribution in [-0.4, -0.2) is 33.7 Å². The first kappa shape index (κ1) is 9.96. The van der Waals surface area contributed by atoms with Gasteiger partial charge in [-0.3, -0.25) is 0 Å². The highest BCUT2D eigenvalue weighted by Gasteiger charge is 2.16. The van der Waals surface area contributed by atoms with Gasteiger partial charge in [0.1, 0.15) is 0 Å². The first-order valence-electron chi connectivity index (χ1n) is 4.98. The Morgan fingerprint density at radius 3 is 2.79 bits per heavy atom. The van der Waals surface area contributed by atoms with Gasteiger partial charge in [-0.1, -0.05) is 0 Å². The minimum absolute atomic E-state index is 0.502. The van der Waals surface area contributed by atoms with Crippen molar-refractivity contribution < 1.29 is 0 Å². The third kappa shape index (κ3) is 2.08. The first-order chi connectivity index (χ1) is 6.77. The second kappa shape index (κ2) is 4.29. The molecule has 0 saturated carbocycles. The van der Waals surface area contributed by atoms with E-state index in [1.165, 1.54) is 9.88 Å². The van der Waals surface area contributed by atoms with Gasteiger partial charge in [-0.15, -0.1) is 11.3 Å². The van der Waals surface area contributed by atoms with Gasteiger partial charge < -0.3 is 15.5 Å². The predicted molar refractivity (Wildman–Crippen MR) is 62.3 cm³/mol. The van der Waals surface area contributed by atoms with E-state index >= 15 is 0 Å². The fourth-order valence-electron chi connectivity index (χ4n) is 1.62. The molecule has 2 rings (SSSR count). The maximum Gasteiger partial charge on any atom is 0.0906 e. The molecule has 1 saturated heterocycles. The topological polar surface area (TPSA) is 27.3 Å². The summed E-state index contributed by atoms with van der Waals surface area (Å²) in [7, 11) is 4.17. The Balaban J connectivity index is 2.07. The third-order valence-corrected chi connectivity index (χ3v) is 3.80. The van der Waals surface area contributed by atoms with Crippen molar-refractivity contribution in [3.63, 3.8) is 0 Å². The summed E-state index contributed by atoms with van der Waals surface area (Å²) in [6, 6.07) is 4.92. The maximum absolute atomic E-state index is 3.52. The average molecular weight is 211 g/mol. The molecule has 2 N–H and O–H groups in total. The average Bonchev–Trinajstić information content (AvgIpc) is 2.68. The lowest BCUT2D eigenvalue weighted by molar-refractivity contribution is 0.435. The molecule has 4 heteroatoms. The third-order valence-electron chi connectivity index (χ3n) is 2.44. The van der Waals surface area contributed by atoms with Crippen molar-refractivity contribution in [2.75, 3.05) is 38.6 Å². The van der Waals surface area contributed by atoms with E-state index in [4.69, 9.17) is 0 Å². The van der Waals surface area contributed by atoms with Crippen LogP contribution in [0.4, 0.5) is 5.00 Å². The van der Waals surface area contributed by atoms with Crippen molar-refractivity contribution in [1.82, 2.24) is 10.6 Å². The van der Waals surface area contributed by atoms with Gasteiger partial charge >= 0.3 is 0 Å². The second-order valence-corrected chi connectivity index (χ2v) is 4.88. The van der Waals surface area contributed by atoms with E-state index in [-0.39, 0.29) is 0 Å². The Hall–Kier alpha value is -0.580. The van der Waals surface area contributed by atoms with Crippen molar-refractivity contribution in [2.45, 2.75) is 6.04 Å². The SMILES string of the molecule is CN(C)c1ccc([C@@H]2CNCCN2)s1. The molecule has 1 aromatic rings. The zero-order valence-electron chi connectivity index (χ0n) is 8.71. The van der Waals surface area contributed by atoms with Crippen LogP contribution in [0.1, 0.15) is 10.9 Å². The summed E-state index contributed by atoms with van der Waals surface area (Å²) in [4.78, 5) is 3.59. The van der Waals surface area contributed by atoms with Crippen LogP contribution in [0.15, 0.2) is 12.1 Å². The number of piperazine rings is 1. The summed E-state index contributed by atoms with van der Waals surface area (Å²) >= 11 is 1.87. The normalized spacial score (nSPS) is 22.3. The molecule has 1 aliphatic rings. The van der Waals surface area contributed by atoms with Crippen molar-refractivity contribution in [3.8, 4) is 0 Å². The molecule has 14 heavy (non-hydrogen) atoms. The van der Waals surface area contributed by atoms with Crippen molar-refractivity contribution in [3.05, 3.63) is 17.0 Å². The fourth-order valence-corrected chi connectivity index (χ4v) is 2.63. The molecule has 1 aliphatic heterocycles. The quantitative estimate of drug-likeness (QED) is 0.765. The Morgan fingerprint density at radius 2 is 2.21 bits per heavy atom. The van der Waals surface area contributed by atoms with Crippen LogP contribution in [0.25, 0.3) is 0 Å². The molecule has 1 fully saturated rings. The Morgan fingerprint density at radius 1 is 1.36 bits per heavy atom. The van der Waals surface area contributed by atoms with Crippen LogP contribution in [0.2, 0.25) is 0 Å². The van der Waals surface area contributed by atoms with Crippen molar-refractivity contribution in [1.29, 1.82) is 0 Å².